The lowest BCUT2D eigenvalue weighted by atomic mass is 10.2. The lowest BCUT2D eigenvalue weighted by Gasteiger charge is -1.97. The number of carbonyl (C=O) groups is 1. The number of carbonyl (C=O) groups excluding carboxylic acids is 1. The van der Waals surface area contributed by atoms with E-state index in [1.165, 1.54) is 6.08 Å². The molecule has 2 heteroatoms. The van der Waals surface area contributed by atoms with Crippen molar-refractivity contribution in [2.24, 2.45) is 0 Å². The predicted octanol–water partition coefficient (Wildman–Crippen LogP) is 3.21. The number of rotatable bonds is 4. The molecule has 0 aliphatic heterocycles. The molecule has 0 saturated heterocycles. The minimum Gasteiger partial charge on any atom is -0.458 e. The molecule has 0 aromatic heterocycles. The van der Waals surface area contributed by atoms with Gasteiger partial charge in [-0.15, -0.1) is 0 Å². The highest BCUT2D eigenvalue weighted by atomic mass is 16.5. The molecule has 0 radical (unpaired) electrons. The van der Waals surface area contributed by atoms with Gasteiger partial charge in [0.05, 0.1) is 0 Å². The molecule has 16 heavy (non-hydrogen) atoms. The Labute approximate surface area is 96.2 Å². The smallest absolute Gasteiger partial charge is 0.330 e. The Kier molecular flexibility index (Phi) is 5.06. The molecule has 2 nitrogen and oxygen atoms in total. The van der Waals surface area contributed by atoms with Crippen LogP contribution >= 0.6 is 0 Å². The maximum Gasteiger partial charge on any atom is 0.330 e. The first kappa shape index (κ1) is 12.2. The minimum absolute atomic E-state index is 0.294. The zero-order valence-electron chi connectivity index (χ0n) is 9.64. The third-order valence-corrected chi connectivity index (χ3v) is 1.84. The van der Waals surface area contributed by atoms with E-state index in [4.69, 9.17) is 4.74 Å². The van der Waals surface area contributed by atoms with Gasteiger partial charge in [-0.3, -0.25) is 0 Å². The van der Waals surface area contributed by atoms with Gasteiger partial charge in [0.1, 0.15) is 6.61 Å². The molecule has 0 spiro atoms. The fourth-order valence-electron chi connectivity index (χ4n) is 1.16. The van der Waals surface area contributed by atoms with Gasteiger partial charge in [-0.2, -0.15) is 0 Å². The van der Waals surface area contributed by atoms with Gasteiger partial charge in [-0.05, 0) is 25.5 Å². The predicted molar refractivity (Wildman–Crippen MR) is 65.9 cm³/mol. The van der Waals surface area contributed by atoms with Gasteiger partial charge in [-0.25, -0.2) is 4.79 Å². The van der Waals surface area contributed by atoms with E-state index < -0.39 is 0 Å². The number of esters is 1. The Hall–Kier alpha value is -1.83. The summed E-state index contributed by atoms with van der Waals surface area (Å²) in [6, 6.07) is 9.89. The van der Waals surface area contributed by atoms with Crippen molar-refractivity contribution in [3.8, 4) is 0 Å². The van der Waals surface area contributed by atoms with Crippen LogP contribution in [0.3, 0.4) is 0 Å². The summed E-state index contributed by atoms with van der Waals surface area (Å²) < 4.78 is 4.97. The number of hydrogen-bond donors (Lipinski definition) is 0. The largest absolute Gasteiger partial charge is 0.458 e. The van der Waals surface area contributed by atoms with Gasteiger partial charge in [0, 0.05) is 6.08 Å². The van der Waals surface area contributed by atoms with Crippen molar-refractivity contribution >= 4 is 12.0 Å². The number of allylic oxidation sites excluding steroid dienone is 1. The number of benzene rings is 1. The topological polar surface area (TPSA) is 26.3 Å². The number of hydrogen-bond acceptors (Lipinski definition) is 2. The molecule has 1 aromatic rings. The Morgan fingerprint density at radius 2 is 1.94 bits per heavy atom. The zero-order chi connectivity index (χ0) is 11.8. The summed E-state index contributed by atoms with van der Waals surface area (Å²) in [7, 11) is 0. The summed E-state index contributed by atoms with van der Waals surface area (Å²) in [5.74, 6) is -0.294. The molecule has 0 amide bonds. The molecule has 1 aromatic carbocycles. The highest BCUT2D eigenvalue weighted by Gasteiger charge is 1.94. The summed E-state index contributed by atoms with van der Waals surface area (Å²) in [6.45, 7) is 4.03. The Bertz CT molecular complexity index is 384. The first-order chi connectivity index (χ1) is 7.68. The van der Waals surface area contributed by atoms with Gasteiger partial charge >= 0.3 is 5.97 Å². The van der Waals surface area contributed by atoms with E-state index in [1.807, 2.05) is 56.3 Å². The van der Waals surface area contributed by atoms with E-state index in [0.29, 0.717) is 6.61 Å². The minimum atomic E-state index is -0.294. The SMILES string of the molecule is CC(C)=CC(=O)OC/C=C/c1ccccc1. The summed E-state index contributed by atoms with van der Waals surface area (Å²) in [6.07, 6.45) is 5.23. The monoisotopic (exact) mass is 216 g/mol. The average molecular weight is 216 g/mol. The Morgan fingerprint density at radius 3 is 2.56 bits per heavy atom. The molecular formula is C14H16O2. The fourth-order valence-corrected chi connectivity index (χ4v) is 1.16. The van der Waals surface area contributed by atoms with Gasteiger partial charge in [0.2, 0.25) is 0 Å². The quantitative estimate of drug-likeness (QED) is 0.570. The van der Waals surface area contributed by atoms with Crippen LogP contribution in [0.5, 0.6) is 0 Å². The highest BCUT2D eigenvalue weighted by Crippen LogP contribution is 2.00. The first-order valence-electron chi connectivity index (χ1n) is 5.22. The molecule has 84 valence electrons. The first-order valence-corrected chi connectivity index (χ1v) is 5.22. The molecule has 0 atom stereocenters. The van der Waals surface area contributed by atoms with Crippen molar-refractivity contribution in [2.75, 3.05) is 6.61 Å². The maximum atomic E-state index is 11.1. The van der Waals surface area contributed by atoms with Gasteiger partial charge in [-0.1, -0.05) is 42.0 Å². The lowest BCUT2D eigenvalue weighted by molar-refractivity contribution is -0.136. The maximum absolute atomic E-state index is 11.1. The van der Waals surface area contributed by atoms with Crippen LogP contribution in [0, 0.1) is 0 Å². The molecule has 1 rings (SSSR count). The second kappa shape index (κ2) is 6.62. The van der Waals surface area contributed by atoms with E-state index in [2.05, 4.69) is 0 Å². The Morgan fingerprint density at radius 1 is 1.25 bits per heavy atom. The van der Waals surface area contributed by atoms with E-state index in [0.717, 1.165) is 11.1 Å². The van der Waals surface area contributed by atoms with Gasteiger partial charge in [0.25, 0.3) is 0 Å². The van der Waals surface area contributed by atoms with Crippen molar-refractivity contribution < 1.29 is 9.53 Å². The molecule has 0 unspecified atom stereocenters. The third-order valence-electron chi connectivity index (χ3n) is 1.84. The van der Waals surface area contributed by atoms with Crippen molar-refractivity contribution in [2.45, 2.75) is 13.8 Å². The van der Waals surface area contributed by atoms with Crippen molar-refractivity contribution in [1.82, 2.24) is 0 Å². The second-order valence-corrected chi connectivity index (χ2v) is 3.66. The molecule has 0 bridgehead atoms. The summed E-state index contributed by atoms with van der Waals surface area (Å²) >= 11 is 0. The van der Waals surface area contributed by atoms with E-state index in [9.17, 15) is 4.79 Å². The van der Waals surface area contributed by atoms with Crippen molar-refractivity contribution in [1.29, 1.82) is 0 Å². The molecule has 0 fully saturated rings. The lowest BCUT2D eigenvalue weighted by Crippen LogP contribution is -2.00. The second-order valence-electron chi connectivity index (χ2n) is 3.66. The van der Waals surface area contributed by atoms with Crippen LogP contribution < -0.4 is 0 Å². The van der Waals surface area contributed by atoms with Crippen LogP contribution in [0.1, 0.15) is 19.4 Å². The van der Waals surface area contributed by atoms with Crippen LogP contribution in [-0.4, -0.2) is 12.6 Å². The normalized spacial score (nSPS) is 10.1. The van der Waals surface area contributed by atoms with Crippen LogP contribution in [0.15, 0.2) is 48.1 Å². The van der Waals surface area contributed by atoms with E-state index in [1.54, 1.807) is 0 Å². The molecular weight excluding hydrogens is 200 g/mol. The summed E-state index contributed by atoms with van der Waals surface area (Å²) in [4.78, 5) is 11.1. The number of ether oxygens (including phenoxy) is 1. The summed E-state index contributed by atoms with van der Waals surface area (Å²) in [5, 5.41) is 0. The van der Waals surface area contributed by atoms with Crippen molar-refractivity contribution in [3.05, 3.63) is 53.6 Å². The fraction of sp³-hybridized carbons (Fsp3) is 0.214. The molecule has 0 N–H and O–H groups in total. The van der Waals surface area contributed by atoms with E-state index in [-0.39, 0.29) is 5.97 Å². The molecule has 0 aliphatic carbocycles. The highest BCUT2D eigenvalue weighted by molar-refractivity contribution is 5.82. The Balaban J connectivity index is 2.34. The van der Waals surface area contributed by atoms with Crippen LogP contribution in [-0.2, 0) is 9.53 Å². The van der Waals surface area contributed by atoms with Crippen LogP contribution in [0.4, 0.5) is 0 Å². The molecule has 0 saturated carbocycles. The average Bonchev–Trinajstić information content (AvgIpc) is 2.25. The van der Waals surface area contributed by atoms with Crippen LogP contribution in [0.2, 0.25) is 0 Å². The third kappa shape index (κ3) is 5.15. The standard InChI is InChI=1S/C14H16O2/c1-12(2)11-14(15)16-10-6-9-13-7-4-3-5-8-13/h3-9,11H,10H2,1-2H3/b9-6+. The zero-order valence-corrected chi connectivity index (χ0v) is 9.64. The van der Waals surface area contributed by atoms with Gasteiger partial charge in [0.15, 0.2) is 0 Å². The van der Waals surface area contributed by atoms with Crippen molar-refractivity contribution in [3.63, 3.8) is 0 Å². The molecule has 0 heterocycles. The van der Waals surface area contributed by atoms with E-state index >= 15 is 0 Å². The summed E-state index contributed by atoms with van der Waals surface area (Å²) in [5.41, 5.74) is 2.04. The van der Waals surface area contributed by atoms with Gasteiger partial charge < -0.3 is 4.74 Å². The van der Waals surface area contributed by atoms with Crippen LogP contribution in [0.25, 0.3) is 6.08 Å². The molecule has 0 aliphatic rings.